The second-order valence-electron chi connectivity index (χ2n) is 18.4. The summed E-state index contributed by atoms with van der Waals surface area (Å²) in [4.78, 5) is 2.44. The molecule has 12 aromatic carbocycles. The van der Waals surface area contributed by atoms with Crippen molar-refractivity contribution < 1.29 is 0 Å². The average molecular weight is 890 g/mol. The minimum atomic E-state index is -0.654. The molecule has 0 bridgehead atoms. The lowest BCUT2D eigenvalue weighted by Crippen LogP contribution is -2.28. The van der Waals surface area contributed by atoms with E-state index in [-0.39, 0.29) is 0 Å². The van der Waals surface area contributed by atoms with Crippen molar-refractivity contribution in [3.05, 3.63) is 307 Å². The number of hydrogen-bond donors (Lipinski definition) is 0. The molecule has 0 fully saturated rings. The third-order valence-electron chi connectivity index (χ3n) is 14.6. The minimum Gasteiger partial charge on any atom is -0.310 e. The molecule has 0 spiro atoms. The highest BCUT2D eigenvalue weighted by Crippen LogP contribution is 2.60. The molecule has 70 heavy (non-hydrogen) atoms. The molecule has 0 aliphatic heterocycles. The lowest BCUT2D eigenvalue weighted by Gasteiger charge is -2.35. The van der Waals surface area contributed by atoms with Gasteiger partial charge in [0.1, 0.15) is 0 Å². The van der Waals surface area contributed by atoms with Crippen LogP contribution in [0.5, 0.6) is 0 Å². The Kier molecular flexibility index (Phi) is 10.1. The van der Waals surface area contributed by atoms with Crippen LogP contribution >= 0.6 is 0 Å². The molecule has 0 heterocycles. The van der Waals surface area contributed by atoms with E-state index in [4.69, 9.17) is 0 Å². The van der Waals surface area contributed by atoms with E-state index in [1.165, 1.54) is 99.4 Å². The van der Waals surface area contributed by atoms with E-state index in [0.717, 1.165) is 17.1 Å². The molecule has 1 nitrogen and oxygen atoms in total. The lowest BCUT2D eigenvalue weighted by molar-refractivity contribution is 0.768. The summed E-state index contributed by atoms with van der Waals surface area (Å²) in [6.45, 7) is 0. The van der Waals surface area contributed by atoms with Crippen LogP contribution in [0.25, 0.3) is 77.2 Å². The standard InChI is InChI=1S/C69H47N/c1-4-17-48(18-5-1)50-33-39-56(40-34-50)69(55-25-8-3-9-26-55)66-32-16-31-64(63-30-15-24-53-22-11-13-28-62(53)63)68(66)65-46-45-59(47-67(65)69)70(57-41-35-51(36-42-57)49-19-6-2-7-20-49)58-43-37-54(38-44-58)61-29-14-23-52-21-10-12-27-60(52)61/h1-47H. The van der Waals surface area contributed by atoms with Gasteiger partial charge in [-0.2, -0.15) is 0 Å². The van der Waals surface area contributed by atoms with Gasteiger partial charge in [0.2, 0.25) is 0 Å². The zero-order chi connectivity index (χ0) is 46.4. The first kappa shape index (κ1) is 41.2. The molecule has 13 rings (SSSR count). The molecule has 0 saturated carbocycles. The van der Waals surface area contributed by atoms with Gasteiger partial charge in [0.25, 0.3) is 0 Å². The van der Waals surface area contributed by atoms with Crippen LogP contribution in [0.4, 0.5) is 17.1 Å². The fourth-order valence-electron chi connectivity index (χ4n) is 11.4. The van der Waals surface area contributed by atoms with Crippen molar-refractivity contribution in [1.82, 2.24) is 0 Å². The molecule has 328 valence electrons. The SMILES string of the molecule is c1ccc(-c2ccc(N(c3ccc(-c4cccc5ccccc45)cc3)c3ccc4c(c3)C(c3ccccc3)(c3ccc(-c5ccccc5)cc3)c3cccc(-c5cccc6ccccc56)c3-4)cc2)cc1. The Morgan fingerprint density at radius 2 is 0.671 bits per heavy atom. The third kappa shape index (κ3) is 6.86. The van der Waals surface area contributed by atoms with Crippen molar-refractivity contribution in [3.8, 4) is 55.6 Å². The smallest absolute Gasteiger partial charge is 0.0714 e. The van der Waals surface area contributed by atoms with E-state index in [1.54, 1.807) is 0 Å². The summed E-state index contributed by atoms with van der Waals surface area (Å²) in [6, 6.07) is 105. The van der Waals surface area contributed by atoms with Crippen molar-refractivity contribution in [2.75, 3.05) is 4.90 Å². The van der Waals surface area contributed by atoms with Crippen molar-refractivity contribution >= 4 is 38.6 Å². The van der Waals surface area contributed by atoms with Gasteiger partial charge in [-0.25, -0.2) is 0 Å². The monoisotopic (exact) mass is 889 g/mol. The predicted molar refractivity (Wildman–Crippen MR) is 295 cm³/mol. The molecule has 1 aliphatic carbocycles. The van der Waals surface area contributed by atoms with Crippen LogP contribution in [0.15, 0.2) is 285 Å². The highest BCUT2D eigenvalue weighted by Gasteiger charge is 2.47. The summed E-state index contributed by atoms with van der Waals surface area (Å²) in [5.74, 6) is 0. The summed E-state index contributed by atoms with van der Waals surface area (Å²) in [5, 5.41) is 4.97. The van der Waals surface area contributed by atoms with Gasteiger partial charge in [-0.1, -0.05) is 249 Å². The number of anilines is 3. The fourth-order valence-corrected chi connectivity index (χ4v) is 11.4. The Labute approximate surface area is 409 Å². The second-order valence-corrected chi connectivity index (χ2v) is 18.4. The summed E-state index contributed by atoms with van der Waals surface area (Å²) < 4.78 is 0. The highest BCUT2D eigenvalue weighted by molar-refractivity contribution is 6.04. The molecule has 1 aliphatic rings. The van der Waals surface area contributed by atoms with Crippen LogP contribution < -0.4 is 4.90 Å². The van der Waals surface area contributed by atoms with Gasteiger partial charge in [0, 0.05) is 17.1 Å². The Balaban J connectivity index is 1.06. The van der Waals surface area contributed by atoms with Gasteiger partial charge < -0.3 is 4.90 Å². The number of nitrogens with zero attached hydrogens (tertiary/aromatic N) is 1. The molecule has 1 unspecified atom stereocenters. The van der Waals surface area contributed by atoms with Crippen LogP contribution in [0.1, 0.15) is 22.3 Å². The van der Waals surface area contributed by atoms with Crippen molar-refractivity contribution in [2.24, 2.45) is 0 Å². The van der Waals surface area contributed by atoms with E-state index in [2.05, 4.69) is 290 Å². The number of benzene rings is 12. The van der Waals surface area contributed by atoms with Crippen LogP contribution in [-0.4, -0.2) is 0 Å². The zero-order valence-electron chi connectivity index (χ0n) is 38.6. The first-order valence-electron chi connectivity index (χ1n) is 24.2. The lowest BCUT2D eigenvalue weighted by atomic mass is 9.67. The largest absolute Gasteiger partial charge is 0.310 e. The van der Waals surface area contributed by atoms with E-state index in [0.29, 0.717) is 0 Å². The maximum Gasteiger partial charge on any atom is 0.0714 e. The van der Waals surface area contributed by atoms with Gasteiger partial charge in [-0.05, 0) is 136 Å². The summed E-state index contributed by atoms with van der Waals surface area (Å²) in [6.07, 6.45) is 0. The molecular formula is C69H47N. The fraction of sp³-hybridized carbons (Fsp3) is 0.0145. The summed E-state index contributed by atoms with van der Waals surface area (Å²) in [5.41, 5.74) is 19.8. The molecular weight excluding hydrogens is 843 g/mol. The zero-order valence-corrected chi connectivity index (χ0v) is 38.6. The molecule has 12 aromatic rings. The molecule has 0 saturated heterocycles. The van der Waals surface area contributed by atoms with E-state index >= 15 is 0 Å². The number of rotatable bonds is 9. The average Bonchev–Trinajstić information content (AvgIpc) is 3.75. The molecule has 1 heteroatoms. The van der Waals surface area contributed by atoms with E-state index in [1.807, 2.05) is 0 Å². The van der Waals surface area contributed by atoms with E-state index in [9.17, 15) is 0 Å². The minimum absolute atomic E-state index is 0.654. The van der Waals surface area contributed by atoms with Crippen molar-refractivity contribution in [1.29, 1.82) is 0 Å². The molecule has 0 radical (unpaired) electrons. The van der Waals surface area contributed by atoms with Gasteiger partial charge >= 0.3 is 0 Å². The Bertz CT molecular complexity index is 3830. The topological polar surface area (TPSA) is 3.24 Å². The van der Waals surface area contributed by atoms with Crippen LogP contribution in [0, 0.1) is 0 Å². The Morgan fingerprint density at radius 3 is 1.29 bits per heavy atom. The normalized spacial score (nSPS) is 13.8. The van der Waals surface area contributed by atoms with Crippen molar-refractivity contribution in [3.63, 3.8) is 0 Å². The third-order valence-corrected chi connectivity index (χ3v) is 14.6. The first-order chi connectivity index (χ1) is 34.7. The van der Waals surface area contributed by atoms with Gasteiger partial charge in [0.05, 0.1) is 5.41 Å². The van der Waals surface area contributed by atoms with Crippen molar-refractivity contribution in [2.45, 2.75) is 5.41 Å². The Hall–Kier alpha value is -9.04. The first-order valence-corrected chi connectivity index (χ1v) is 24.2. The van der Waals surface area contributed by atoms with E-state index < -0.39 is 5.41 Å². The van der Waals surface area contributed by atoms with Gasteiger partial charge in [0.15, 0.2) is 0 Å². The van der Waals surface area contributed by atoms with Gasteiger partial charge in [-0.15, -0.1) is 0 Å². The summed E-state index contributed by atoms with van der Waals surface area (Å²) in [7, 11) is 0. The number of hydrogen-bond acceptors (Lipinski definition) is 1. The van der Waals surface area contributed by atoms with Crippen LogP contribution in [0.2, 0.25) is 0 Å². The van der Waals surface area contributed by atoms with Crippen LogP contribution in [0.3, 0.4) is 0 Å². The number of fused-ring (bicyclic) bond motifs is 5. The highest BCUT2D eigenvalue weighted by atomic mass is 15.1. The maximum absolute atomic E-state index is 2.49. The molecule has 0 N–H and O–H groups in total. The Morgan fingerprint density at radius 1 is 0.243 bits per heavy atom. The quantitative estimate of drug-likeness (QED) is 0.140. The van der Waals surface area contributed by atoms with Gasteiger partial charge in [-0.3, -0.25) is 0 Å². The maximum atomic E-state index is 2.49. The van der Waals surface area contributed by atoms with Crippen LogP contribution in [-0.2, 0) is 5.41 Å². The summed E-state index contributed by atoms with van der Waals surface area (Å²) >= 11 is 0. The molecule has 0 aromatic heterocycles. The molecule has 0 amide bonds. The second kappa shape index (κ2) is 17.2. The predicted octanol–water partition coefficient (Wildman–Crippen LogP) is 18.5. The molecule has 1 atom stereocenters.